The first kappa shape index (κ1) is 13.5. The number of likely N-dealkylation sites (N-methyl/N-ethyl adjacent to an activating group) is 1. The van der Waals surface area contributed by atoms with Crippen LogP contribution >= 0.6 is 27.3 Å². The number of hydrazine groups is 1. The van der Waals surface area contributed by atoms with Gasteiger partial charge in [0.2, 0.25) is 0 Å². The Morgan fingerprint density at radius 1 is 1.76 bits per heavy atom. The first-order valence-electron chi connectivity index (χ1n) is 5.79. The highest BCUT2D eigenvalue weighted by atomic mass is 79.9. The Bertz CT molecular complexity index is 360. The lowest BCUT2D eigenvalue weighted by molar-refractivity contribution is -0.0451. The number of hydrogen-bond donors (Lipinski definition) is 2. The van der Waals surface area contributed by atoms with Gasteiger partial charge in [0.15, 0.2) is 0 Å². The zero-order chi connectivity index (χ0) is 12.3. The minimum Gasteiger partial charge on any atom is -0.373 e. The van der Waals surface area contributed by atoms with Gasteiger partial charge in [-0.3, -0.25) is 10.7 Å². The van der Waals surface area contributed by atoms with E-state index < -0.39 is 0 Å². The molecule has 1 aliphatic heterocycles. The fourth-order valence-electron chi connectivity index (χ4n) is 2.10. The summed E-state index contributed by atoms with van der Waals surface area (Å²) in [6, 6.07) is 2.10. The SMILES string of the molecule is CCN1CCOC(C(NN)c2sccc2Br)C1. The average Bonchev–Trinajstić information content (AvgIpc) is 2.77. The van der Waals surface area contributed by atoms with Crippen molar-refractivity contribution in [2.24, 2.45) is 5.84 Å². The molecule has 1 aliphatic rings. The maximum Gasteiger partial charge on any atom is 0.0918 e. The van der Waals surface area contributed by atoms with Crippen molar-refractivity contribution in [3.8, 4) is 0 Å². The number of thiophene rings is 1. The summed E-state index contributed by atoms with van der Waals surface area (Å²) < 4.78 is 6.94. The van der Waals surface area contributed by atoms with E-state index in [1.54, 1.807) is 11.3 Å². The summed E-state index contributed by atoms with van der Waals surface area (Å²) in [7, 11) is 0. The van der Waals surface area contributed by atoms with Crippen molar-refractivity contribution < 1.29 is 4.74 Å². The molecule has 0 bridgehead atoms. The molecule has 17 heavy (non-hydrogen) atoms. The summed E-state index contributed by atoms with van der Waals surface area (Å²) in [5.41, 5.74) is 2.89. The Balaban J connectivity index is 2.10. The largest absolute Gasteiger partial charge is 0.373 e. The average molecular weight is 320 g/mol. The highest BCUT2D eigenvalue weighted by Gasteiger charge is 2.29. The number of nitrogens with one attached hydrogen (secondary N) is 1. The van der Waals surface area contributed by atoms with Crippen molar-refractivity contribution in [3.05, 3.63) is 20.8 Å². The van der Waals surface area contributed by atoms with Crippen LogP contribution in [0.1, 0.15) is 17.8 Å². The number of nitrogens with two attached hydrogens (primary N) is 1. The van der Waals surface area contributed by atoms with Crippen molar-refractivity contribution in [2.75, 3.05) is 26.2 Å². The van der Waals surface area contributed by atoms with Gasteiger partial charge in [-0.15, -0.1) is 11.3 Å². The summed E-state index contributed by atoms with van der Waals surface area (Å²) >= 11 is 5.25. The van der Waals surface area contributed by atoms with Crippen LogP contribution in [-0.4, -0.2) is 37.2 Å². The second kappa shape index (κ2) is 6.26. The second-order valence-corrected chi connectivity index (χ2v) is 5.88. The molecule has 2 heterocycles. The number of morpholine rings is 1. The molecule has 0 aliphatic carbocycles. The number of hydrogen-bond acceptors (Lipinski definition) is 5. The van der Waals surface area contributed by atoms with Gasteiger partial charge in [0.05, 0.1) is 18.8 Å². The highest BCUT2D eigenvalue weighted by molar-refractivity contribution is 9.10. The van der Waals surface area contributed by atoms with Gasteiger partial charge in [-0.2, -0.15) is 0 Å². The molecule has 2 unspecified atom stereocenters. The van der Waals surface area contributed by atoms with Crippen LogP contribution in [0.4, 0.5) is 0 Å². The molecular formula is C11H18BrN3OS. The normalized spacial score (nSPS) is 23.8. The van der Waals surface area contributed by atoms with Crippen LogP contribution in [0.2, 0.25) is 0 Å². The smallest absolute Gasteiger partial charge is 0.0918 e. The molecule has 1 saturated heterocycles. The van der Waals surface area contributed by atoms with Crippen LogP contribution in [0.15, 0.2) is 15.9 Å². The lowest BCUT2D eigenvalue weighted by Crippen LogP contribution is -2.49. The summed E-state index contributed by atoms with van der Waals surface area (Å²) in [6.07, 6.45) is 0.114. The Morgan fingerprint density at radius 3 is 3.18 bits per heavy atom. The van der Waals surface area contributed by atoms with E-state index in [-0.39, 0.29) is 12.1 Å². The lowest BCUT2D eigenvalue weighted by Gasteiger charge is -2.36. The van der Waals surface area contributed by atoms with Gasteiger partial charge in [0.25, 0.3) is 0 Å². The Hall–Kier alpha value is 0.0200. The Kier molecular flexibility index (Phi) is 4.96. The minimum absolute atomic E-state index is 0.0544. The highest BCUT2D eigenvalue weighted by Crippen LogP contribution is 2.32. The van der Waals surface area contributed by atoms with E-state index in [4.69, 9.17) is 10.6 Å². The van der Waals surface area contributed by atoms with E-state index in [0.29, 0.717) is 0 Å². The fourth-order valence-corrected chi connectivity index (χ4v) is 3.83. The predicted octanol–water partition coefficient (Wildman–Crippen LogP) is 1.74. The predicted molar refractivity (Wildman–Crippen MR) is 73.9 cm³/mol. The molecule has 1 aromatic rings. The zero-order valence-corrected chi connectivity index (χ0v) is 12.3. The van der Waals surface area contributed by atoms with Crippen LogP contribution in [0, 0.1) is 0 Å². The molecule has 0 radical (unpaired) electrons. The standard InChI is InChI=1S/C11H18BrN3OS/c1-2-15-4-5-16-9(7-15)10(14-13)11-8(12)3-6-17-11/h3,6,9-10,14H,2,4-5,7,13H2,1H3. The summed E-state index contributed by atoms with van der Waals surface area (Å²) in [6.45, 7) is 5.95. The van der Waals surface area contributed by atoms with Crippen molar-refractivity contribution >= 4 is 27.3 Å². The molecule has 1 aromatic heterocycles. The van der Waals surface area contributed by atoms with Gasteiger partial charge >= 0.3 is 0 Å². The molecular weight excluding hydrogens is 302 g/mol. The molecule has 2 rings (SSSR count). The van der Waals surface area contributed by atoms with Crippen molar-refractivity contribution in [3.63, 3.8) is 0 Å². The molecule has 0 spiro atoms. The third kappa shape index (κ3) is 3.07. The van der Waals surface area contributed by atoms with Crippen LogP contribution in [0.5, 0.6) is 0 Å². The Morgan fingerprint density at radius 2 is 2.59 bits per heavy atom. The van der Waals surface area contributed by atoms with E-state index in [1.807, 2.05) is 6.07 Å². The minimum atomic E-state index is 0.0544. The molecule has 0 saturated carbocycles. The maximum atomic E-state index is 5.84. The van der Waals surface area contributed by atoms with Crippen molar-refractivity contribution in [1.82, 2.24) is 10.3 Å². The van der Waals surface area contributed by atoms with Crippen LogP contribution < -0.4 is 11.3 Å². The topological polar surface area (TPSA) is 50.5 Å². The van der Waals surface area contributed by atoms with E-state index in [2.05, 4.69) is 38.6 Å². The van der Waals surface area contributed by atoms with E-state index in [1.165, 1.54) is 4.88 Å². The molecule has 96 valence electrons. The molecule has 4 nitrogen and oxygen atoms in total. The molecule has 3 N–H and O–H groups in total. The van der Waals surface area contributed by atoms with Gasteiger partial charge < -0.3 is 4.74 Å². The first-order chi connectivity index (χ1) is 8.26. The van der Waals surface area contributed by atoms with Crippen LogP contribution in [-0.2, 0) is 4.74 Å². The summed E-state index contributed by atoms with van der Waals surface area (Å²) in [5.74, 6) is 5.69. The number of nitrogens with zero attached hydrogens (tertiary/aromatic N) is 1. The molecule has 6 heteroatoms. The third-order valence-electron chi connectivity index (χ3n) is 3.10. The quantitative estimate of drug-likeness (QED) is 0.655. The molecule has 0 amide bonds. The molecule has 2 atom stereocenters. The summed E-state index contributed by atoms with van der Waals surface area (Å²) in [4.78, 5) is 3.59. The van der Waals surface area contributed by atoms with E-state index in [9.17, 15) is 0 Å². The van der Waals surface area contributed by atoms with Gasteiger partial charge in [-0.05, 0) is 33.9 Å². The van der Waals surface area contributed by atoms with E-state index in [0.717, 1.165) is 30.7 Å². The van der Waals surface area contributed by atoms with E-state index >= 15 is 0 Å². The van der Waals surface area contributed by atoms with Crippen molar-refractivity contribution in [2.45, 2.75) is 19.1 Å². The summed E-state index contributed by atoms with van der Waals surface area (Å²) in [5, 5.41) is 2.06. The number of rotatable bonds is 4. The fraction of sp³-hybridized carbons (Fsp3) is 0.636. The van der Waals surface area contributed by atoms with Gasteiger partial charge in [-0.1, -0.05) is 6.92 Å². The number of halogens is 1. The van der Waals surface area contributed by atoms with Crippen LogP contribution in [0.3, 0.4) is 0 Å². The Labute approximate surface area is 114 Å². The van der Waals surface area contributed by atoms with Crippen LogP contribution in [0.25, 0.3) is 0 Å². The monoisotopic (exact) mass is 319 g/mol. The second-order valence-electron chi connectivity index (χ2n) is 4.08. The van der Waals surface area contributed by atoms with Gasteiger partial charge in [0, 0.05) is 22.4 Å². The maximum absolute atomic E-state index is 5.84. The zero-order valence-electron chi connectivity index (χ0n) is 9.86. The lowest BCUT2D eigenvalue weighted by atomic mass is 10.1. The van der Waals surface area contributed by atoms with Crippen molar-refractivity contribution in [1.29, 1.82) is 0 Å². The van der Waals surface area contributed by atoms with Gasteiger partial charge in [-0.25, -0.2) is 5.43 Å². The molecule has 1 fully saturated rings. The first-order valence-corrected chi connectivity index (χ1v) is 7.46. The van der Waals surface area contributed by atoms with Gasteiger partial charge in [0.1, 0.15) is 0 Å². The molecule has 0 aromatic carbocycles. The third-order valence-corrected chi connectivity index (χ3v) is 5.06. The number of ether oxygens (including phenoxy) is 1.